The van der Waals surface area contributed by atoms with Gasteiger partial charge in [0.25, 0.3) is 5.91 Å². The number of carbonyl (C=O) groups excluding carboxylic acids is 2. The minimum absolute atomic E-state index is 0.117. The van der Waals surface area contributed by atoms with Crippen LogP contribution in [0.15, 0.2) is 36.4 Å². The molecule has 0 radical (unpaired) electrons. The Labute approximate surface area is 146 Å². The van der Waals surface area contributed by atoms with E-state index < -0.39 is 0 Å². The molecule has 7 nitrogen and oxygen atoms in total. The minimum Gasteiger partial charge on any atom is -0.496 e. The first-order valence-electron chi connectivity index (χ1n) is 7.63. The fourth-order valence-electron chi connectivity index (χ4n) is 2.30. The van der Waals surface area contributed by atoms with Crippen molar-refractivity contribution in [2.45, 2.75) is 6.92 Å². The van der Waals surface area contributed by atoms with Gasteiger partial charge in [-0.05, 0) is 36.8 Å². The third-order valence-electron chi connectivity index (χ3n) is 3.61. The second-order valence-electron chi connectivity index (χ2n) is 5.27. The molecule has 0 saturated heterocycles. The Bertz CT molecular complexity index is 768. The average molecular weight is 343 g/mol. The largest absolute Gasteiger partial charge is 0.496 e. The predicted molar refractivity (Wildman–Crippen MR) is 96.4 cm³/mol. The van der Waals surface area contributed by atoms with Gasteiger partial charge in [0.15, 0.2) is 0 Å². The van der Waals surface area contributed by atoms with Crippen LogP contribution < -0.4 is 25.8 Å². The van der Waals surface area contributed by atoms with Gasteiger partial charge in [0, 0.05) is 11.4 Å². The number of anilines is 2. The van der Waals surface area contributed by atoms with E-state index in [9.17, 15) is 9.59 Å². The predicted octanol–water partition coefficient (Wildman–Crippen LogP) is 2.16. The van der Waals surface area contributed by atoms with Crippen LogP contribution >= 0.6 is 0 Å². The fraction of sp³-hybridized carbons (Fsp3) is 0.222. The first kappa shape index (κ1) is 18.3. The van der Waals surface area contributed by atoms with Crippen LogP contribution in [0.3, 0.4) is 0 Å². The van der Waals surface area contributed by atoms with E-state index in [0.29, 0.717) is 28.4 Å². The van der Waals surface area contributed by atoms with Crippen LogP contribution in [0.2, 0.25) is 0 Å². The van der Waals surface area contributed by atoms with E-state index in [1.165, 1.54) is 14.2 Å². The summed E-state index contributed by atoms with van der Waals surface area (Å²) in [6.45, 7) is 1.73. The second kappa shape index (κ2) is 8.16. The Morgan fingerprint density at radius 2 is 1.68 bits per heavy atom. The van der Waals surface area contributed by atoms with Gasteiger partial charge >= 0.3 is 0 Å². The number of hydrogen-bond donors (Lipinski definition) is 3. The lowest BCUT2D eigenvalue weighted by Gasteiger charge is -2.14. The van der Waals surface area contributed by atoms with Gasteiger partial charge in [-0.2, -0.15) is 0 Å². The van der Waals surface area contributed by atoms with Crippen molar-refractivity contribution in [3.63, 3.8) is 0 Å². The fourth-order valence-corrected chi connectivity index (χ4v) is 2.30. The molecular weight excluding hydrogens is 322 g/mol. The van der Waals surface area contributed by atoms with E-state index in [1.54, 1.807) is 36.4 Å². The standard InChI is InChI=1S/C18H21N3O4/c1-11-7-8-12(9-13(11)21-16(22)10-19)20-18(23)17-14(24-2)5-4-6-15(17)25-3/h4-9H,10,19H2,1-3H3,(H,20,23)(H,21,22). The van der Waals surface area contributed by atoms with Gasteiger partial charge in [-0.15, -0.1) is 0 Å². The van der Waals surface area contributed by atoms with Crippen LogP contribution in [0.1, 0.15) is 15.9 Å². The van der Waals surface area contributed by atoms with Crippen LogP contribution in [0.4, 0.5) is 11.4 Å². The third kappa shape index (κ3) is 4.27. The SMILES string of the molecule is COc1cccc(OC)c1C(=O)Nc1ccc(C)c(NC(=O)CN)c1. The van der Waals surface area contributed by atoms with Gasteiger partial charge in [-0.3, -0.25) is 9.59 Å². The number of ether oxygens (including phenoxy) is 2. The summed E-state index contributed by atoms with van der Waals surface area (Å²) < 4.78 is 10.5. The number of aryl methyl sites for hydroxylation is 1. The average Bonchev–Trinajstić information content (AvgIpc) is 2.63. The highest BCUT2D eigenvalue weighted by molar-refractivity contribution is 6.08. The Balaban J connectivity index is 2.30. The van der Waals surface area contributed by atoms with Crippen LogP contribution in [0, 0.1) is 6.92 Å². The van der Waals surface area contributed by atoms with E-state index in [-0.39, 0.29) is 18.4 Å². The molecule has 0 aliphatic rings. The topological polar surface area (TPSA) is 103 Å². The molecule has 0 saturated carbocycles. The number of nitrogens with two attached hydrogens (primary N) is 1. The number of rotatable bonds is 6. The minimum atomic E-state index is -0.380. The first-order chi connectivity index (χ1) is 12.0. The molecule has 2 aromatic rings. The Hall–Kier alpha value is -3.06. The molecular formula is C18H21N3O4. The van der Waals surface area contributed by atoms with E-state index in [4.69, 9.17) is 15.2 Å². The summed E-state index contributed by atoms with van der Waals surface area (Å²) in [5, 5.41) is 5.48. The molecule has 25 heavy (non-hydrogen) atoms. The van der Waals surface area contributed by atoms with Gasteiger partial charge in [-0.1, -0.05) is 12.1 Å². The molecule has 2 amide bonds. The summed E-state index contributed by atoms with van der Waals surface area (Å²) in [5.41, 5.74) is 7.58. The summed E-state index contributed by atoms with van der Waals surface area (Å²) >= 11 is 0. The number of amides is 2. The summed E-state index contributed by atoms with van der Waals surface area (Å²) in [4.78, 5) is 24.2. The summed E-state index contributed by atoms with van der Waals surface area (Å²) in [6, 6.07) is 10.3. The van der Waals surface area contributed by atoms with Crippen molar-refractivity contribution in [2.75, 3.05) is 31.4 Å². The maximum absolute atomic E-state index is 12.7. The quantitative estimate of drug-likeness (QED) is 0.746. The molecule has 0 spiro atoms. The van der Waals surface area contributed by atoms with Gasteiger partial charge in [0.05, 0.1) is 20.8 Å². The van der Waals surface area contributed by atoms with Crippen molar-refractivity contribution in [1.82, 2.24) is 0 Å². The van der Waals surface area contributed by atoms with Crippen LogP contribution in [0.25, 0.3) is 0 Å². The second-order valence-corrected chi connectivity index (χ2v) is 5.27. The number of benzene rings is 2. The van der Waals surface area contributed by atoms with Crippen LogP contribution in [0.5, 0.6) is 11.5 Å². The molecule has 4 N–H and O–H groups in total. The molecule has 132 valence electrons. The highest BCUT2D eigenvalue weighted by Gasteiger charge is 2.18. The van der Waals surface area contributed by atoms with Crippen LogP contribution in [-0.4, -0.2) is 32.6 Å². The zero-order chi connectivity index (χ0) is 18.4. The maximum Gasteiger partial charge on any atom is 0.263 e. The van der Waals surface area contributed by atoms with Crippen molar-refractivity contribution >= 4 is 23.2 Å². The van der Waals surface area contributed by atoms with E-state index in [0.717, 1.165) is 5.56 Å². The Kier molecular flexibility index (Phi) is 5.97. The lowest BCUT2D eigenvalue weighted by atomic mass is 10.1. The normalized spacial score (nSPS) is 10.1. The monoisotopic (exact) mass is 343 g/mol. The molecule has 0 bridgehead atoms. The van der Waals surface area contributed by atoms with Crippen molar-refractivity contribution in [1.29, 1.82) is 0 Å². The lowest BCUT2D eigenvalue weighted by molar-refractivity contribution is -0.114. The number of nitrogens with one attached hydrogen (secondary N) is 2. The molecule has 0 heterocycles. The lowest BCUT2D eigenvalue weighted by Crippen LogP contribution is -2.22. The summed E-state index contributed by atoms with van der Waals surface area (Å²) in [6.07, 6.45) is 0. The smallest absolute Gasteiger partial charge is 0.263 e. The van der Waals surface area contributed by atoms with Crippen molar-refractivity contribution in [2.24, 2.45) is 5.73 Å². The number of hydrogen-bond acceptors (Lipinski definition) is 5. The van der Waals surface area contributed by atoms with Crippen molar-refractivity contribution in [3.05, 3.63) is 47.5 Å². The molecule has 0 atom stereocenters. The molecule has 0 aliphatic heterocycles. The summed E-state index contributed by atoms with van der Waals surface area (Å²) in [7, 11) is 2.97. The summed E-state index contributed by atoms with van der Waals surface area (Å²) in [5.74, 6) is 0.119. The molecule has 0 aliphatic carbocycles. The maximum atomic E-state index is 12.7. The molecule has 2 aromatic carbocycles. The van der Waals surface area contributed by atoms with E-state index in [2.05, 4.69) is 10.6 Å². The molecule has 2 rings (SSSR count). The van der Waals surface area contributed by atoms with Gasteiger partial charge < -0.3 is 25.8 Å². The van der Waals surface area contributed by atoms with Gasteiger partial charge in [-0.25, -0.2) is 0 Å². The molecule has 0 fully saturated rings. The molecule has 7 heteroatoms. The Morgan fingerprint density at radius 3 is 2.24 bits per heavy atom. The number of carbonyl (C=O) groups is 2. The van der Waals surface area contributed by atoms with Gasteiger partial charge in [0.2, 0.25) is 5.91 Å². The zero-order valence-electron chi connectivity index (χ0n) is 14.4. The van der Waals surface area contributed by atoms with E-state index in [1.807, 2.05) is 6.92 Å². The molecule has 0 aromatic heterocycles. The number of methoxy groups -OCH3 is 2. The third-order valence-corrected chi connectivity index (χ3v) is 3.61. The highest BCUT2D eigenvalue weighted by Crippen LogP contribution is 2.29. The van der Waals surface area contributed by atoms with Crippen molar-refractivity contribution in [3.8, 4) is 11.5 Å². The first-order valence-corrected chi connectivity index (χ1v) is 7.63. The van der Waals surface area contributed by atoms with Crippen LogP contribution in [-0.2, 0) is 4.79 Å². The highest BCUT2D eigenvalue weighted by atomic mass is 16.5. The Morgan fingerprint density at radius 1 is 1.04 bits per heavy atom. The van der Waals surface area contributed by atoms with Gasteiger partial charge in [0.1, 0.15) is 17.1 Å². The van der Waals surface area contributed by atoms with Crippen molar-refractivity contribution < 1.29 is 19.1 Å². The van der Waals surface area contributed by atoms with E-state index >= 15 is 0 Å². The molecule has 0 unspecified atom stereocenters. The zero-order valence-corrected chi connectivity index (χ0v) is 14.4.